The second-order valence-electron chi connectivity index (χ2n) is 7.91. The Kier molecular flexibility index (Phi) is 4.16. The molecule has 1 amide bonds. The summed E-state index contributed by atoms with van der Waals surface area (Å²) in [5.41, 5.74) is 4.11. The molecule has 152 valence electrons. The van der Waals surface area contributed by atoms with Gasteiger partial charge in [0.15, 0.2) is 5.82 Å². The van der Waals surface area contributed by atoms with E-state index in [1.807, 2.05) is 31.3 Å². The lowest BCUT2D eigenvalue weighted by atomic mass is 10.0. The van der Waals surface area contributed by atoms with Crippen LogP contribution in [0.5, 0.6) is 5.88 Å². The van der Waals surface area contributed by atoms with Crippen LogP contribution in [-0.2, 0) is 10.2 Å². The smallest absolute Gasteiger partial charge is 0.222 e. The molecule has 0 radical (unpaired) electrons. The zero-order valence-electron chi connectivity index (χ0n) is 17.1. The number of pyridine rings is 2. The van der Waals surface area contributed by atoms with Gasteiger partial charge >= 0.3 is 0 Å². The van der Waals surface area contributed by atoms with E-state index in [2.05, 4.69) is 25.2 Å². The number of aromatic nitrogens is 4. The van der Waals surface area contributed by atoms with Gasteiger partial charge in [-0.3, -0.25) is 4.79 Å². The lowest BCUT2D eigenvalue weighted by molar-refractivity contribution is -0.114. The summed E-state index contributed by atoms with van der Waals surface area (Å²) in [7, 11) is 1.59. The van der Waals surface area contributed by atoms with E-state index in [4.69, 9.17) is 9.72 Å². The van der Waals surface area contributed by atoms with E-state index in [9.17, 15) is 4.79 Å². The molecule has 0 bridgehead atoms. The Hall–Kier alpha value is -3.55. The average molecular weight is 402 g/mol. The highest BCUT2D eigenvalue weighted by Gasteiger charge is 2.52. The fourth-order valence-corrected chi connectivity index (χ4v) is 4.03. The van der Waals surface area contributed by atoms with Gasteiger partial charge in [0, 0.05) is 66.3 Å². The topological polar surface area (TPSA) is 93.1 Å². The van der Waals surface area contributed by atoms with Crippen LogP contribution in [0.25, 0.3) is 11.4 Å². The number of carbonyl (C=O) groups is 1. The van der Waals surface area contributed by atoms with Gasteiger partial charge in [0.1, 0.15) is 11.6 Å². The number of ether oxygens (including phenoxy) is 1. The normalized spacial score (nSPS) is 15.8. The Labute approximate surface area is 174 Å². The molecule has 3 aromatic rings. The van der Waals surface area contributed by atoms with Crippen molar-refractivity contribution in [3.63, 3.8) is 0 Å². The van der Waals surface area contributed by atoms with Crippen molar-refractivity contribution in [2.24, 2.45) is 0 Å². The van der Waals surface area contributed by atoms with Crippen molar-refractivity contribution >= 4 is 23.2 Å². The molecule has 1 N–H and O–H groups in total. The van der Waals surface area contributed by atoms with E-state index in [1.165, 1.54) is 12.5 Å². The number of nitrogens with zero attached hydrogens (tertiary/aromatic N) is 5. The molecule has 4 heterocycles. The first kappa shape index (κ1) is 18.5. The van der Waals surface area contributed by atoms with Crippen molar-refractivity contribution in [2.75, 3.05) is 23.9 Å². The standard InChI is InChI=1S/C22H22N6O2/c1-13-8-19(27-21(25-13)15-4-5-20(30-3)24-10-15)28-12-22(6-7-22)16-11-23-18(9-17(16)28)26-14(2)29/h4-5,8-11H,6-7,12H2,1-3H3,(H,23,26,29). The van der Waals surface area contributed by atoms with Gasteiger partial charge in [0.2, 0.25) is 11.8 Å². The van der Waals surface area contributed by atoms with Crippen molar-refractivity contribution in [1.29, 1.82) is 0 Å². The van der Waals surface area contributed by atoms with Gasteiger partial charge in [-0.2, -0.15) is 0 Å². The highest BCUT2D eigenvalue weighted by atomic mass is 16.5. The lowest BCUT2D eigenvalue weighted by Gasteiger charge is -2.20. The Bertz CT molecular complexity index is 1140. The van der Waals surface area contributed by atoms with Crippen molar-refractivity contribution in [3.8, 4) is 17.3 Å². The Morgan fingerprint density at radius 2 is 2.00 bits per heavy atom. The van der Waals surface area contributed by atoms with E-state index in [-0.39, 0.29) is 11.3 Å². The number of fused-ring (bicyclic) bond motifs is 2. The minimum atomic E-state index is -0.139. The second kappa shape index (κ2) is 6.76. The van der Waals surface area contributed by atoms with Crippen LogP contribution < -0.4 is 15.0 Å². The fourth-order valence-electron chi connectivity index (χ4n) is 4.03. The average Bonchev–Trinajstić information content (AvgIpc) is 3.44. The number of rotatable bonds is 4. The Morgan fingerprint density at radius 1 is 1.17 bits per heavy atom. The Balaban J connectivity index is 1.56. The maximum Gasteiger partial charge on any atom is 0.222 e. The van der Waals surface area contributed by atoms with Crippen LogP contribution in [0.2, 0.25) is 0 Å². The van der Waals surface area contributed by atoms with Gasteiger partial charge in [0.25, 0.3) is 0 Å². The number of methoxy groups -OCH3 is 1. The number of anilines is 3. The third kappa shape index (κ3) is 3.14. The van der Waals surface area contributed by atoms with Crippen molar-refractivity contribution in [2.45, 2.75) is 32.1 Å². The number of amides is 1. The number of hydrogen-bond donors (Lipinski definition) is 1. The molecule has 8 heteroatoms. The van der Waals surface area contributed by atoms with E-state index in [0.717, 1.165) is 42.1 Å². The second-order valence-corrected chi connectivity index (χ2v) is 7.91. The summed E-state index contributed by atoms with van der Waals surface area (Å²) in [6, 6.07) is 7.64. The number of carbonyl (C=O) groups excluding carboxylic acids is 1. The monoisotopic (exact) mass is 402 g/mol. The number of hydrogen-bond acceptors (Lipinski definition) is 7. The molecule has 3 aromatic heterocycles. The molecule has 1 spiro atoms. The molecule has 0 saturated heterocycles. The zero-order valence-corrected chi connectivity index (χ0v) is 17.1. The summed E-state index contributed by atoms with van der Waals surface area (Å²) in [5, 5.41) is 2.78. The predicted molar refractivity (Wildman–Crippen MR) is 113 cm³/mol. The van der Waals surface area contributed by atoms with Gasteiger partial charge in [-0.1, -0.05) is 0 Å². The van der Waals surface area contributed by atoms with E-state index in [1.54, 1.807) is 19.4 Å². The summed E-state index contributed by atoms with van der Waals surface area (Å²) in [5.74, 6) is 2.41. The molecule has 5 rings (SSSR count). The third-order valence-corrected chi connectivity index (χ3v) is 5.68. The van der Waals surface area contributed by atoms with Gasteiger partial charge < -0.3 is 15.0 Å². The first-order valence-electron chi connectivity index (χ1n) is 9.89. The zero-order chi connectivity index (χ0) is 20.9. The lowest BCUT2D eigenvalue weighted by Crippen LogP contribution is -2.20. The minimum absolute atomic E-state index is 0.137. The summed E-state index contributed by atoms with van der Waals surface area (Å²) in [4.78, 5) is 31.9. The predicted octanol–water partition coefficient (Wildman–Crippen LogP) is 3.39. The van der Waals surface area contributed by atoms with Gasteiger partial charge in [-0.25, -0.2) is 19.9 Å². The number of nitrogens with one attached hydrogen (secondary N) is 1. The molecule has 1 fully saturated rings. The molecule has 0 atom stereocenters. The van der Waals surface area contributed by atoms with Crippen LogP contribution in [0.3, 0.4) is 0 Å². The molecule has 8 nitrogen and oxygen atoms in total. The molecule has 0 unspecified atom stereocenters. The highest BCUT2D eigenvalue weighted by Crippen LogP contribution is 2.58. The van der Waals surface area contributed by atoms with Crippen LogP contribution in [0.15, 0.2) is 36.7 Å². The first-order chi connectivity index (χ1) is 14.5. The molecular weight excluding hydrogens is 380 g/mol. The SMILES string of the molecule is COc1ccc(-c2nc(C)cc(N3CC4(CC4)c4cnc(NC(C)=O)cc43)n2)cn1. The van der Waals surface area contributed by atoms with Crippen LogP contribution in [0.1, 0.15) is 31.0 Å². The summed E-state index contributed by atoms with van der Waals surface area (Å²) in [6.07, 6.45) is 5.89. The van der Waals surface area contributed by atoms with Crippen molar-refractivity contribution in [3.05, 3.63) is 47.9 Å². The van der Waals surface area contributed by atoms with Gasteiger partial charge in [-0.15, -0.1) is 0 Å². The summed E-state index contributed by atoms with van der Waals surface area (Å²) >= 11 is 0. The largest absolute Gasteiger partial charge is 0.481 e. The quantitative estimate of drug-likeness (QED) is 0.715. The molecule has 2 aliphatic rings. The van der Waals surface area contributed by atoms with Crippen LogP contribution in [0.4, 0.5) is 17.3 Å². The summed E-state index contributed by atoms with van der Waals surface area (Å²) < 4.78 is 5.15. The molecule has 1 aliphatic carbocycles. The van der Waals surface area contributed by atoms with E-state index < -0.39 is 0 Å². The van der Waals surface area contributed by atoms with Crippen LogP contribution in [-0.4, -0.2) is 39.5 Å². The molecule has 0 aromatic carbocycles. The van der Waals surface area contributed by atoms with E-state index in [0.29, 0.717) is 17.5 Å². The van der Waals surface area contributed by atoms with Crippen molar-refractivity contribution < 1.29 is 9.53 Å². The number of aryl methyl sites for hydroxylation is 1. The van der Waals surface area contributed by atoms with Gasteiger partial charge in [-0.05, 0) is 25.8 Å². The highest BCUT2D eigenvalue weighted by molar-refractivity contribution is 5.89. The van der Waals surface area contributed by atoms with Gasteiger partial charge in [0.05, 0.1) is 12.8 Å². The van der Waals surface area contributed by atoms with Crippen molar-refractivity contribution in [1.82, 2.24) is 19.9 Å². The maximum absolute atomic E-state index is 11.5. The molecular formula is C22H22N6O2. The fraction of sp³-hybridized carbons (Fsp3) is 0.318. The molecule has 1 saturated carbocycles. The minimum Gasteiger partial charge on any atom is -0.481 e. The van der Waals surface area contributed by atoms with E-state index >= 15 is 0 Å². The molecule has 30 heavy (non-hydrogen) atoms. The summed E-state index contributed by atoms with van der Waals surface area (Å²) in [6.45, 7) is 4.30. The van der Waals surface area contributed by atoms with Crippen LogP contribution in [0, 0.1) is 6.92 Å². The Morgan fingerprint density at radius 3 is 2.67 bits per heavy atom. The first-order valence-corrected chi connectivity index (χ1v) is 9.89. The maximum atomic E-state index is 11.5. The molecule has 1 aliphatic heterocycles. The third-order valence-electron chi connectivity index (χ3n) is 5.68. The van der Waals surface area contributed by atoms with Crippen LogP contribution >= 0.6 is 0 Å².